The minimum atomic E-state index is 0.250. The van der Waals surface area contributed by atoms with Gasteiger partial charge in [-0.3, -0.25) is 4.98 Å². The van der Waals surface area contributed by atoms with Gasteiger partial charge in [0, 0.05) is 24.7 Å². The Morgan fingerprint density at radius 2 is 1.44 bits per heavy atom. The fraction of sp³-hybridized carbons (Fsp3) is 0.115. The molecule has 3 aromatic carbocycles. The average molecular weight is 425 g/mol. The van der Waals surface area contributed by atoms with E-state index in [4.69, 9.17) is 24.3 Å². The lowest BCUT2D eigenvalue weighted by Gasteiger charge is -2.20. The van der Waals surface area contributed by atoms with Crippen LogP contribution in [-0.2, 0) is 16.1 Å². The van der Waals surface area contributed by atoms with Crippen LogP contribution in [0.3, 0.4) is 0 Å². The van der Waals surface area contributed by atoms with Crippen molar-refractivity contribution in [3.63, 3.8) is 0 Å². The number of rotatable bonds is 6. The highest BCUT2D eigenvalue weighted by molar-refractivity contribution is 5.78. The molecule has 0 unspecified atom stereocenters. The van der Waals surface area contributed by atoms with Crippen molar-refractivity contribution in [1.82, 2.24) is 9.97 Å². The van der Waals surface area contributed by atoms with Crippen LogP contribution in [0.2, 0.25) is 0 Å². The Labute approximate surface area is 187 Å². The largest absolute Gasteiger partial charge is 0.497 e. The SMILES string of the molecule is COc1cccc(CN(C)c2cnc(-c3ccccc3)c(-c3ccccc3)n2)c1.O=C=O. The van der Waals surface area contributed by atoms with Gasteiger partial charge in [-0.05, 0) is 17.7 Å². The minimum absolute atomic E-state index is 0.250. The van der Waals surface area contributed by atoms with Gasteiger partial charge in [0.25, 0.3) is 0 Å². The maximum Gasteiger partial charge on any atom is 0.373 e. The molecule has 0 spiro atoms. The van der Waals surface area contributed by atoms with Crippen LogP contribution in [0.15, 0.2) is 91.1 Å². The average Bonchev–Trinajstić information content (AvgIpc) is 2.85. The summed E-state index contributed by atoms with van der Waals surface area (Å²) in [4.78, 5) is 28.1. The molecule has 0 radical (unpaired) electrons. The van der Waals surface area contributed by atoms with Gasteiger partial charge in [0.1, 0.15) is 11.6 Å². The number of aromatic nitrogens is 2. The van der Waals surface area contributed by atoms with E-state index in [-0.39, 0.29) is 6.15 Å². The summed E-state index contributed by atoms with van der Waals surface area (Å²) in [6.07, 6.45) is 2.09. The van der Waals surface area contributed by atoms with Gasteiger partial charge in [-0.2, -0.15) is 9.59 Å². The summed E-state index contributed by atoms with van der Waals surface area (Å²) in [7, 11) is 3.71. The van der Waals surface area contributed by atoms with Crippen LogP contribution in [-0.4, -0.2) is 30.3 Å². The fourth-order valence-corrected chi connectivity index (χ4v) is 3.29. The monoisotopic (exact) mass is 425 g/mol. The molecule has 0 aliphatic carbocycles. The van der Waals surface area contributed by atoms with E-state index in [0.29, 0.717) is 6.54 Å². The van der Waals surface area contributed by atoms with Crippen molar-refractivity contribution in [2.45, 2.75) is 6.54 Å². The molecule has 0 fully saturated rings. The molecule has 6 heteroatoms. The van der Waals surface area contributed by atoms with Gasteiger partial charge in [-0.1, -0.05) is 72.8 Å². The van der Waals surface area contributed by atoms with Gasteiger partial charge >= 0.3 is 6.15 Å². The predicted molar refractivity (Wildman–Crippen MR) is 123 cm³/mol. The molecule has 0 saturated carbocycles. The third-order valence-electron chi connectivity index (χ3n) is 4.80. The first-order chi connectivity index (χ1) is 15.7. The molecule has 32 heavy (non-hydrogen) atoms. The smallest absolute Gasteiger partial charge is 0.373 e. The van der Waals surface area contributed by atoms with E-state index < -0.39 is 0 Å². The van der Waals surface area contributed by atoms with Crippen molar-refractivity contribution in [1.29, 1.82) is 0 Å². The molecule has 4 rings (SSSR count). The van der Waals surface area contributed by atoms with E-state index in [0.717, 1.165) is 39.6 Å². The van der Waals surface area contributed by atoms with E-state index in [9.17, 15) is 0 Å². The highest BCUT2D eigenvalue weighted by Gasteiger charge is 2.14. The van der Waals surface area contributed by atoms with Crippen molar-refractivity contribution >= 4 is 12.0 Å². The number of methoxy groups -OCH3 is 1. The lowest BCUT2D eigenvalue weighted by molar-refractivity contribution is -0.191. The van der Waals surface area contributed by atoms with Gasteiger partial charge in [-0.25, -0.2) is 4.98 Å². The number of benzene rings is 3. The van der Waals surface area contributed by atoms with Crippen molar-refractivity contribution in [2.24, 2.45) is 0 Å². The fourth-order valence-electron chi connectivity index (χ4n) is 3.29. The Balaban J connectivity index is 0.000000913. The standard InChI is InChI=1S/C25H23N3O.CO2/c1-28(18-19-10-9-15-22(16-19)29-2)23-17-26-24(20-11-5-3-6-12-20)25(27-23)21-13-7-4-8-14-21;2-1-3/h3-17H,18H2,1-2H3;. The van der Waals surface area contributed by atoms with Crippen LogP contribution in [0.5, 0.6) is 5.75 Å². The Morgan fingerprint density at radius 3 is 2.03 bits per heavy atom. The zero-order valence-corrected chi connectivity index (χ0v) is 17.9. The Kier molecular flexibility index (Phi) is 7.84. The molecule has 0 saturated heterocycles. The molecule has 4 aromatic rings. The second-order valence-corrected chi connectivity index (χ2v) is 6.95. The third kappa shape index (κ3) is 5.65. The number of carbonyl (C=O) groups excluding carboxylic acids is 2. The molecular weight excluding hydrogens is 402 g/mol. The van der Waals surface area contributed by atoms with Crippen LogP contribution < -0.4 is 9.64 Å². The summed E-state index contributed by atoms with van der Waals surface area (Å²) >= 11 is 0. The van der Waals surface area contributed by atoms with E-state index in [1.807, 2.05) is 67.8 Å². The van der Waals surface area contributed by atoms with Gasteiger partial charge in [-0.15, -0.1) is 0 Å². The molecule has 0 amide bonds. The van der Waals surface area contributed by atoms with Gasteiger partial charge in [0.2, 0.25) is 0 Å². The molecule has 6 nitrogen and oxygen atoms in total. The van der Waals surface area contributed by atoms with Crippen LogP contribution in [0, 0.1) is 0 Å². The Bertz CT molecular complexity index is 1180. The minimum Gasteiger partial charge on any atom is -0.497 e. The molecule has 0 aliphatic heterocycles. The molecule has 160 valence electrons. The summed E-state index contributed by atoms with van der Waals surface area (Å²) in [6.45, 7) is 0.713. The first-order valence-electron chi connectivity index (χ1n) is 9.97. The summed E-state index contributed by atoms with van der Waals surface area (Å²) in [6, 6.07) is 28.5. The van der Waals surface area contributed by atoms with Crippen LogP contribution in [0.25, 0.3) is 22.5 Å². The molecule has 0 aliphatic rings. The van der Waals surface area contributed by atoms with Crippen LogP contribution in [0.4, 0.5) is 5.82 Å². The van der Waals surface area contributed by atoms with E-state index >= 15 is 0 Å². The van der Waals surface area contributed by atoms with E-state index in [2.05, 4.69) is 35.2 Å². The van der Waals surface area contributed by atoms with Crippen LogP contribution in [0.1, 0.15) is 5.56 Å². The molecule has 1 heterocycles. The Morgan fingerprint density at radius 1 is 0.844 bits per heavy atom. The number of anilines is 1. The summed E-state index contributed by atoms with van der Waals surface area (Å²) in [5.74, 6) is 1.68. The lowest BCUT2D eigenvalue weighted by Crippen LogP contribution is -2.18. The maximum absolute atomic E-state index is 8.12. The third-order valence-corrected chi connectivity index (χ3v) is 4.80. The first-order valence-corrected chi connectivity index (χ1v) is 9.97. The van der Waals surface area contributed by atoms with Gasteiger partial charge < -0.3 is 9.64 Å². The highest BCUT2D eigenvalue weighted by atomic mass is 16.5. The zero-order valence-electron chi connectivity index (χ0n) is 17.9. The number of hydrogen-bond acceptors (Lipinski definition) is 6. The quantitative estimate of drug-likeness (QED) is 0.439. The zero-order chi connectivity index (χ0) is 22.8. The Hall–Kier alpha value is -4.28. The summed E-state index contributed by atoms with van der Waals surface area (Å²) in [5.41, 5.74) is 5.03. The van der Waals surface area contributed by atoms with Crippen LogP contribution >= 0.6 is 0 Å². The summed E-state index contributed by atoms with van der Waals surface area (Å²) < 4.78 is 5.34. The van der Waals surface area contributed by atoms with Gasteiger partial charge in [0.05, 0.1) is 24.7 Å². The maximum atomic E-state index is 8.12. The number of ether oxygens (including phenoxy) is 1. The van der Waals surface area contributed by atoms with Crippen molar-refractivity contribution in [3.05, 3.63) is 96.7 Å². The van der Waals surface area contributed by atoms with E-state index in [1.165, 1.54) is 0 Å². The highest BCUT2D eigenvalue weighted by Crippen LogP contribution is 2.30. The molecule has 0 bridgehead atoms. The number of hydrogen-bond donors (Lipinski definition) is 0. The van der Waals surface area contributed by atoms with Crippen molar-refractivity contribution in [3.8, 4) is 28.3 Å². The lowest BCUT2D eigenvalue weighted by atomic mass is 10.0. The second kappa shape index (κ2) is 11.2. The topological polar surface area (TPSA) is 72.4 Å². The van der Waals surface area contributed by atoms with E-state index in [1.54, 1.807) is 7.11 Å². The summed E-state index contributed by atoms with van der Waals surface area (Å²) in [5, 5.41) is 0. The molecular formula is C26H23N3O3. The van der Waals surface area contributed by atoms with Crippen molar-refractivity contribution < 1.29 is 14.3 Å². The predicted octanol–water partition coefficient (Wildman–Crippen LogP) is 4.87. The molecule has 0 atom stereocenters. The molecule has 1 aromatic heterocycles. The number of nitrogens with zero attached hydrogens (tertiary/aromatic N) is 3. The van der Waals surface area contributed by atoms with Gasteiger partial charge in [0.15, 0.2) is 0 Å². The normalized spacial score (nSPS) is 9.81. The molecule has 0 N–H and O–H groups in total. The van der Waals surface area contributed by atoms with Crippen molar-refractivity contribution in [2.75, 3.05) is 19.1 Å². The first kappa shape index (κ1) is 22.4. The second-order valence-electron chi connectivity index (χ2n) is 6.95.